The van der Waals surface area contributed by atoms with E-state index in [9.17, 15) is 18.0 Å². The number of methoxy groups -OCH3 is 1. The van der Waals surface area contributed by atoms with Crippen LogP contribution in [0.4, 0.5) is 5.13 Å². The molecule has 10 heteroatoms. The molecule has 1 aromatic carbocycles. The van der Waals surface area contributed by atoms with Gasteiger partial charge in [0.15, 0.2) is 15.0 Å². The van der Waals surface area contributed by atoms with Crippen molar-refractivity contribution in [3.63, 3.8) is 0 Å². The van der Waals surface area contributed by atoms with Gasteiger partial charge in [0.05, 0.1) is 27.3 Å². The first kappa shape index (κ1) is 19.2. The van der Waals surface area contributed by atoms with E-state index in [-0.39, 0.29) is 10.5 Å². The minimum atomic E-state index is -3.32. The summed E-state index contributed by atoms with van der Waals surface area (Å²) < 4.78 is 30.3. The summed E-state index contributed by atoms with van der Waals surface area (Å²) in [6, 6.07) is 7.37. The number of rotatable bonds is 6. The average molecular weight is 407 g/mol. The molecule has 1 amide bonds. The zero-order valence-electron chi connectivity index (χ0n) is 14.6. The summed E-state index contributed by atoms with van der Waals surface area (Å²) in [5.74, 6) is -0.413. The van der Waals surface area contributed by atoms with E-state index in [4.69, 9.17) is 4.74 Å². The van der Waals surface area contributed by atoms with Crippen molar-refractivity contribution in [1.29, 1.82) is 0 Å². The molecule has 0 saturated heterocycles. The van der Waals surface area contributed by atoms with Gasteiger partial charge in [0.1, 0.15) is 0 Å². The summed E-state index contributed by atoms with van der Waals surface area (Å²) in [7, 11) is -1.79. The van der Waals surface area contributed by atoms with Crippen molar-refractivity contribution in [2.24, 2.45) is 0 Å². The predicted molar refractivity (Wildman–Crippen MR) is 103 cm³/mol. The van der Waals surface area contributed by atoms with Crippen molar-refractivity contribution in [2.45, 2.75) is 11.4 Å². The van der Waals surface area contributed by atoms with Gasteiger partial charge in [-0.1, -0.05) is 11.3 Å². The number of aromatic nitrogens is 2. The van der Waals surface area contributed by atoms with E-state index in [0.29, 0.717) is 34.1 Å². The van der Waals surface area contributed by atoms with E-state index in [0.717, 1.165) is 6.26 Å². The van der Waals surface area contributed by atoms with Gasteiger partial charge in [0.25, 0.3) is 11.5 Å². The highest BCUT2D eigenvalue weighted by Crippen LogP contribution is 2.28. The molecule has 8 nitrogen and oxygen atoms in total. The Morgan fingerprint density at radius 3 is 2.78 bits per heavy atom. The molecule has 0 bridgehead atoms. The highest BCUT2D eigenvalue weighted by molar-refractivity contribution is 7.90. The van der Waals surface area contributed by atoms with Gasteiger partial charge in [0, 0.05) is 32.2 Å². The number of benzene rings is 1. The van der Waals surface area contributed by atoms with Crippen LogP contribution in [0.5, 0.6) is 0 Å². The number of ether oxygens (including phenoxy) is 1. The summed E-state index contributed by atoms with van der Waals surface area (Å²) in [5.41, 5.74) is 0.673. The lowest BCUT2D eigenvalue weighted by atomic mass is 10.2. The first-order valence-electron chi connectivity index (χ1n) is 7.89. The number of carbonyl (C=O) groups is 1. The number of nitrogens with zero attached hydrogens (tertiary/aromatic N) is 2. The molecule has 2 aromatic heterocycles. The van der Waals surface area contributed by atoms with E-state index in [1.807, 2.05) is 0 Å². The molecule has 0 aliphatic rings. The van der Waals surface area contributed by atoms with Gasteiger partial charge in [-0.3, -0.25) is 14.9 Å². The monoisotopic (exact) mass is 407 g/mol. The number of carbonyl (C=O) groups excluding carboxylic acids is 1. The van der Waals surface area contributed by atoms with Crippen molar-refractivity contribution in [3.8, 4) is 0 Å². The van der Waals surface area contributed by atoms with Crippen LogP contribution in [0.2, 0.25) is 0 Å². The molecule has 0 fully saturated rings. The largest absolute Gasteiger partial charge is 0.383 e. The Balaban J connectivity index is 1.84. The Morgan fingerprint density at radius 2 is 2.07 bits per heavy atom. The molecule has 0 aliphatic heterocycles. The molecule has 3 rings (SSSR count). The number of fused-ring (bicyclic) bond motifs is 1. The lowest BCUT2D eigenvalue weighted by Crippen LogP contribution is -2.23. The highest BCUT2D eigenvalue weighted by Gasteiger charge is 2.14. The van der Waals surface area contributed by atoms with Gasteiger partial charge in [0.2, 0.25) is 0 Å². The Labute approximate surface area is 159 Å². The molecule has 0 radical (unpaired) electrons. The molecule has 0 atom stereocenters. The van der Waals surface area contributed by atoms with Crippen molar-refractivity contribution in [3.05, 3.63) is 52.4 Å². The van der Waals surface area contributed by atoms with Crippen molar-refractivity contribution in [2.75, 3.05) is 25.3 Å². The molecule has 27 heavy (non-hydrogen) atoms. The van der Waals surface area contributed by atoms with E-state index in [1.165, 1.54) is 53.5 Å². The minimum absolute atomic E-state index is 0.196. The lowest BCUT2D eigenvalue weighted by Gasteiger charge is -2.07. The standard InChI is InChI=1S/C17H17N3O5S2/c1-25-8-7-20-10-11(3-6-15(20)21)16(22)19-17-18-13-5-4-12(27(2,23)24)9-14(13)26-17/h3-6,9-10H,7-8H2,1-2H3,(H,18,19,22). The molecular formula is C17H17N3O5S2. The molecule has 0 unspecified atom stereocenters. The maximum atomic E-state index is 12.5. The summed E-state index contributed by atoms with van der Waals surface area (Å²) in [5, 5.41) is 3.02. The molecule has 1 N–H and O–H groups in total. The number of hydrogen-bond acceptors (Lipinski definition) is 7. The number of hydrogen-bond donors (Lipinski definition) is 1. The zero-order valence-corrected chi connectivity index (χ0v) is 16.3. The van der Waals surface area contributed by atoms with Crippen LogP contribution < -0.4 is 10.9 Å². The number of amides is 1. The third-order valence-corrected chi connectivity index (χ3v) is 5.83. The SMILES string of the molecule is COCCn1cc(C(=O)Nc2nc3ccc(S(C)(=O)=O)cc3s2)ccc1=O. The Kier molecular flexibility index (Phi) is 5.40. The van der Waals surface area contributed by atoms with E-state index >= 15 is 0 Å². The first-order chi connectivity index (χ1) is 12.8. The fraction of sp³-hybridized carbons (Fsp3) is 0.235. The van der Waals surface area contributed by atoms with E-state index in [1.54, 1.807) is 6.07 Å². The normalized spacial score (nSPS) is 11.6. The topological polar surface area (TPSA) is 107 Å². The van der Waals surface area contributed by atoms with Crippen LogP contribution in [0.25, 0.3) is 10.2 Å². The van der Waals surface area contributed by atoms with Crippen LogP contribution in [0, 0.1) is 0 Å². The molecule has 142 valence electrons. The van der Waals surface area contributed by atoms with Gasteiger partial charge >= 0.3 is 0 Å². The maximum Gasteiger partial charge on any atom is 0.258 e. The highest BCUT2D eigenvalue weighted by atomic mass is 32.2. The number of nitrogens with one attached hydrogen (secondary N) is 1. The first-order valence-corrected chi connectivity index (χ1v) is 10.6. The predicted octanol–water partition coefficient (Wildman–Crippen LogP) is 1.76. The average Bonchev–Trinajstić information content (AvgIpc) is 3.01. The third-order valence-electron chi connectivity index (χ3n) is 3.79. The van der Waals surface area contributed by atoms with Gasteiger partial charge < -0.3 is 9.30 Å². The quantitative estimate of drug-likeness (QED) is 0.667. The maximum absolute atomic E-state index is 12.5. The summed E-state index contributed by atoms with van der Waals surface area (Å²) in [6.45, 7) is 0.692. The summed E-state index contributed by atoms with van der Waals surface area (Å²) in [4.78, 5) is 28.8. The number of sulfone groups is 1. The summed E-state index contributed by atoms with van der Waals surface area (Å²) >= 11 is 1.18. The van der Waals surface area contributed by atoms with Gasteiger partial charge in [-0.15, -0.1) is 0 Å². The second-order valence-electron chi connectivity index (χ2n) is 5.82. The molecule has 2 heterocycles. The second kappa shape index (κ2) is 7.59. The fourth-order valence-corrected chi connectivity index (χ4v) is 4.01. The van der Waals surface area contributed by atoms with E-state index in [2.05, 4.69) is 10.3 Å². The van der Waals surface area contributed by atoms with Crippen LogP contribution >= 0.6 is 11.3 Å². The van der Waals surface area contributed by atoms with Crippen LogP contribution in [0.15, 0.2) is 46.2 Å². The molecule has 0 aliphatic carbocycles. The van der Waals surface area contributed by atoms with Gasteiger partial charge in [-0.05, 0) is 24.3 Å². The number of anilines is 1. The molecular weight excluding hydrogens is 390 g/mol. The van der Waals surface area contributed by atoms with Crippen LogP contribution in [-0.4, -0.2) is 43.8 Å². The third kappa shape index (κ3) is 4.41. The zero-order chi connectivity index (χ0) is 19.6. The minimum Gasteiger partial charge on any atom is -0.383 e. The van der Waals surface area contributed by atoms with Crippen molar-refractivity contribution in [1.82, 2.24) is 9.55 Å². The van der Waals surface area contributed by atoms with Gasteiger partial charge in [-0.25, -0.2) is 13.4 Å². The fourth-order valence-electron chi connectivity index (χ4n) is 2.39. The number of thiazole rings is 1. The smallest absolute Gasteiger partial charge is 0.258 e. The summed E-state index contributed by atoms with van der Waals surface area (Å²) in [6.07, 6.45) is 2.60. The van der Waals surface area contributed by atoms with Crippen LogP contribution in [0.1, 0.15) is 10.4 Å². The van der Waals surface area contributed by atoms with Crippen molar-refractivity contribution < 1.29 is 17.9 Å². The van der Waals surface area contributed by atoms with Gasteiger partial charge in [-0.2, -0.15) is 0 Å². The van der Waals surface area contributed by atoms with Crippen LogP contribution in [0.3, 0.4) is 0 Å². The molecule has 0 spiro atoms. The lowest BCUT2D eigenvalue weighted by molar-refractivity contribution is 0.102. The second-order valence-corrected chi connectivity index (χ2v) is 8.86. The Morgan fingerprint density at radius 1 is 1.30 bits per heavy atom. The number of pyridine rings is 1. The van der Waals surface area contributed by atoms with Crippen LogP contribution in [-0.2, 0) is 21.1 Å². The van der Waals surface area contributed by atoms with Crippen molar-refractivity contribution >= 4 is 42.4 Å². The van der Waals surface area contributed by atoms with E-state index < -0.39 is 15.7 Å². The Bertz CT molecular complexity index is 1160. The molecule has 0 saturated carbocycles. The molecule has 3 aromatic rings. The Hall–Kier alpha value is -2.56.